The number of thioether (sulfide) groups is 1. The van der Waals surface area contributed by atoms with E-state index < -0.39 is 28.6 Å². The van der Waals surface area contributed by atoms with Crippen molar-refractivity contribution in [3.8, 4) is 5.75 Å². The van der Waals surface area contributed by atoms with Crippen molar-refractivity contribution in [3.63, 3.8) is 0 Å². The Morgan fingerprint density at radius 3 is 2.69 bits per heavy atom. The quantitative estimate of drug-likeness (QED) is 0.804. The van der Waals surface area contributed by atoms with E-state index in [1.165, 1.54) is 24.3 Å². The number of nitrogens with two attached hydrogens (primary N) is 1. The van der Waals surface area contributed by atoms with Gasteiger partial charge in [0.15, 0.2) is 11.6 Å². The van der Waals surface area contributed by atoms with Crippen molar-refractivity contribution in [1.29, 1.82) is 0 Å². The van der Waals surface area contributed by atoms with Crippen molar-refractivity contribution in [2.24, 2.45) is 5.73 Å². The topological polar surface area (TPSA) is 101 Å². The number of imide groups is 1. The molecule has 3 N–H and O–H groups in total. The van der Waals surface area contributed by atoms with E-state index in [2.05, 4.69) is 0 Å². The minimum Gasteiger partial charge on any atom is -0.505 e. The molecular weight excluding hydrogens is 359 g/mol. The summed E-state index contributed by atoms with van der Waals surface area (Å²) in [6.45, 7) is -0.00219. The van der Waals surface area contributed by atoms with E-state index in [1.54, 1.807) is 18.2 Å². The molecule has 2 aromatic rings. The van der Waals surface area contributed by atoms with Gasteiger partial charge in [-0.15, -0.1) is 0 Å². The minimum atomic E-state index is -0.774. The fraction of sp³-hybridized carbons (Fsp3) is 0.0556. The lowest BCUT2D eigenvalue weighted by atomic mass is 10.1. The number of benzene rings is 2. The molecule has 3 amide bonds. The van der Waals surface area contributed by atoms with Crippen molar-refractivity contribution in [2.75, 3.05) is 0 Å². The van der Waals surface area contributed by atoms with Crippen LogP contribution in [-0.2, 0) is 11.3 Å². The van der Waals surface area contributed by atoms with Crippen LogP contribution in [0.3, 0.4) is 0 Å². The van der Waals surface area contributed by atoms with Gasteiger partial charge in [-0.3, -0.25) is 19.3 Å². The van der Waals surface area contributed by atoms with Gasteiger partial charge in [0.25, 0.3) is 11.1 Å². The Labute approximate surface area is 152 Å². The van der Waals surface area contributed by atoms with Gasteiger partial charge in [-0.2, -0.15) is 0 Å². The monoisotopic (exact) mass is 372 g/mol. The zero-order valence-electron chi connectivity index (χ0n) is 13.3. The summed E-state index contributed by atoms with van der Waals surface area (Å²) in [5.74, 6) is -2.42. The number of amides is 3. The van der Waals surface area contributed by atoms with E-state index in [1.807, 2.05) is 0 Å². The molecule has 1 fully saturated rings. The first-order chi connectivity index (χ1) is 12.3. The number of primary amides is 1. The Hall–Kier alpha value is -3.13. The first kappa shape index (κ1) is 17.7. The Morgan fingerprint density at radius 1 is 1.23 bits per heavy atom. The lowest BCUT2D eigenvalue weighted by molar-refractivity contribution is -0.123. The average molecular weight is 372 g/mol. The van der Waals surface area contributed by atoms with E-state index in [0.29, 0.717) is 11.1 Å². The number of aromatic hydroxyl groups is 1. The number of hydrogen-bond donors (Lipinski definition) is 2. The number of halogens is 1. The van der Waals surface area contributed by atoms with E-state index in [9.17, 15) is 23.9 Å². The number of phenolic OH excluding ortho intramolecular Hbond substituents is 1. The van der Waals surface area contributed by atoms with Crippen LogP contribution in [0, 0.1) is 5.82 Å². The predicted octanol–water partition coefficient (Wildman–Crippen LogP) is 2.87. The SMILES string of the molecule is NC(=O)c1cccc(CN2C(=O)S/C(=C\c3ccc(F)c(O)c3)C2=O)c1. The molecule has 0 aliphatic carbocycles. The van der Waals surface area contributed by atoms with Gasteiger partial charge in [-0.05, 0) is 53.2 Å². The van der Waals surface area contributed by atoms with Gasteiger partial charge in [0.2, 0.25) is 5.91 Å². The maximum absolute atomic E-state index is 13.1. The lowest BCUT2D eigenvalue weighted by Gasteiger charge is -2.12. The van der Waals surface area contributed by atoms with Gasteiger partial charge in [0.05, 0.1) is 11.4 Å². The second-order valence-corrected chi connectivity index (χ2v) is 6.54. The Bertz CT molecular complexity index is 958. The van der Waals surface area contributed by atoms with Crippen molar-refractivity contribution < 1.29 is 23.9 Å². The zero-order chi connectivity index (χ0) is 18.8. The zero-order valence-corrected chi connectivity index (χ0v) is 14.1. The molecule has 132 valence electrons. The molecule has 6 nitrogen and oxygen atoms in total. The lowest BCUT2D eigenvalue weighted by Crippen LogP contribution is -2.27. The largest absolute Gasteiger partial charge is 0.505 e. The van der Waals surface area contributed by atoms with Crippen LogP contribution < -0.4 is 5.73 Å². The molecule has 0 spiro atoms. The fourth-order valence-corrected chi connectivity index (χ4v) is 3.25. The van der Waals surface area contributed by atoms with Crippen LogP contribution in [0.2, 0.25) is 0 Å². The van der Waals surface area contributed by atoms with Crippen molar-refractivity contribution in [3.05, 3.63) is 69.9 Å². The Kier molecular flexibility index (Phi) is 4.77. The van der Waals surface area contributed by atoms with Crippen LogP contribution in [0.1, 0.15) is 21.5 Å². The number of carbonyl (C=O) groups is 3. The summed E-state index contributed by atoms with van der Waals surface area (Å²) in [6, 6.07) is 9.98. The third-order valence-electron chi connectivity index (χ3n) is 3.69. The van der Waals surface area contributed by atoms with Gasteiger partial charge in [0.1, 0.15) is 0 Å². The molecule has 8 heteroatoms. The first-order valence-electron chi connectivity index (χ1n) is 7.48. The van der Waals surface area contributed by atoms with E-state index >= 15 is 0 Å². The second-order valence-electron chi connectivity index (χ2n) is 5.54. The normalized spacial score (nSPS) is 15.7. The summed E-state index contributed by atoms with van der Waals surface area (Å²) >= 11 is 0.748. The van der Waals surface area contributed by atoms with Crippen LogP contribution in [0.5, 0.6) is 5.75 Å². The number of phenols is 1. The Morgan fingerprint density at radius 2 is 2.00 bits per heavy atom. The minimum absolute atomic E-state index is 0.00219. The molecule has 1 saturated heterocycles. The predicted molar refractivity (Wildman–Crippen MR) is 94.5 cm³/mol. The van der Waals surface area contributed by atoms with Crippen LogP contribution in [0.15, 0.2) is 47.4 Å². The molecule has 1 aliphatic heterocycles. The first-order valence-corrected chi connectivity index (χ1v) is 8.29. The standard InChI is InChI=1S/C18H13FN2O4S/c19-13-5-4-10(7-14(13)22)8-15-17(24)21(18(25)26-15)9-11-2-1-3-12(6-11)16(20)23/h1-8,22H,9H2,(H2,20,23)/b15-8-. The maximum atomic E-state index is 13.1. The molecule has 2 aromatic carbocycles. The van der Waals surface area contributed by atoms with Crippen LogP contribution in [-0.4, -0.2) is 27.1 Å². The maximum Gasteiger partial charge on any atom is 0.293 e. The highest BCUT2D eigenvalue weighted by molar-refractivity contribution is 8.18. The highest BCUT2D eigenvalue weighted by Gasteiger charge is 2.35. The summed E-state index contributed by atoms with van der Waals surface area (Å²) in [5, 5.41) is 8.94. The summed E-state index contributed by atoms with van der Waals surface area (Å²) in [7, 11) is 0. The van der Waals surface area contributed by atoms with Gasteiger partial charge >= 0.3 is 0 Å². The average Bonchev–Trinajstić information content (AvgIpc) is 2.86. The summed E-state index contributed by atoms with van der Waals surface area (Å²) < 4.78 is 13.1. The van der Waals surface area contributed by atoms with Gasteiger partial charge in [-0.1, -0.05) is 18.2 Å². The molecule has 0 radical (unpaired) electrons. The number of nitrogens with zero attached hydrogens (tertiary/aromatic N) is 1. The van der Waals surface area contributed by atoms with Gasteiger partial charge in [0, 0.05) is 5.56 Å². The number of rotatable bonds is 4. The molecule has 0 saturated carbocycles. The van der Waals surface area contributed by atoms with Gasteiger partial charge in [-0.25, -0.2) is 4.39 Å². The molecule has 1 heterocycles. The van der Waals surface area contributed by atoms with Crippen molar-refractivity contribution in [1.82, 2.24) is 4.90 Å². The summed E-state index contributed by atoms with van der Waals surface area (Å²) in [5.41, 5.74) is 6.49. The number of carbonyl (C=O) groups excluding carboxylic acids is 3. The molecule has 3 rings (SSSR count). The van der Waals surface area contributed by atoms with Crippen LogP contribution in [0.25, 0.3) is 6.08 Å². The fourth-order valence-electron chi connectivity index (χ4n) is 2.41. The van der Waals surface area contributed by atoms with Crippen molar-refractivity contribution >= 4 is 34.9 Å². The van der Waals surface area contributed by atoms with Gasteiger partial charge < -0.3 is 10.8 Å². The highest BCUT2D eigenvalue weighted by atomic mass is 32.2. The molecule has 0 bridgehead atoms. The molecule has 26 heavy (non-hydrogen) atoms. The molecule has 0 unspecified atom stereocenters. The number of hydrogen-bond acceptors (Lipinski definition) is 5. The highest BCUT2D eigenvalue weighted by Crippen LogP contribution is 2.33. The molecule has 0 atom stereocenters. The van der Waals surface area contributed by atoms with Crippen molar-refractivity contribution in [2.45, 2.75) is 6.54 Å². The Balaban J connectivity index is 1.82. The molecular formula is C18H13FN2O4S. The third kappa shape index (κ3) is 3.60. The van der Waals surface area contributed by atoms with Crippen LogP contribution >= 0.6 is 11.8 Å². The summed E-state index contributed by atoms with van der Waals surface area (Å²) in [6.07, 6.45) is 1.41. The van der Waals surface area contributed by atoms with E-state index in [4.69, 9.17) is 5.73 Å². The van der Waals surface area contributed by atoms with E-state index in [0.717, 1.165) is 22.7 Å². The second kappa shape index (κ2) is 7.01. The molecule has 1 aliphatic rings. The summed E-state index contributed by atoms with van der Waals surface area (Å²) in [4.78, 5) is 37.1. The smallest absolute Gasteiger partial charge is 0.293 e. The third-order valence-corrected chi connectivity index (χ3v) is 4.60. The molecule has 0 aromatic heterocycles. The van der Waals surface area contributed by atoms with Crippen LogP contribution in [0.4, 0.5) is 9.18 Å². The van der Waals surface area contributed by atoms with E-state index in [-0.39, 0.29) is 17.0 Å².